The van der Waals surface area contributed by atoms with E-state index in [0.29, 0.717) is 19.8 Å². The molecular formula is C16H27ClN2O2. The van der Waals surface area contributed by atoms with Crippen molar-refractivity contribution >= 4 is 11.6 Å². The first kappa shape index (κ1) is 18.4. The maximum absolute atomic E-state index is 9.83. The third-order valence-corrected chi connectivity index (χ3v) is 3.62. The lowest BCUT2D eigenvalue weighted by atomic mass is 10.2. The fourth-order valence-electron chi connectivity index (χ4n) is 2.00. The number of rotatable bonds is 11. The van der Waals surface area contributed by atoms with Gasteiger partial charge in [-0.25, -0.2) is 0 Å². The molecule has 1 aromatic rings. The quantitative estimate of drug-likeness (QED) is 0.614. The van der Waals surface area contributed by atoms with Crippen LogP contribution in [0.15, 0.2) is 24.3 Å². The van der Waals surface area contributed by atoms with E-state index < -0.39 is 6.10 Å². The van der Waals surface area contributed by atoms with E-state index in [1.165, 1.54) is 0 Å². The maximum atomic E-state index is 9.83. The van der Waals surface area contributed by atoms with E-state index in [0.717, 1.165) is 36.8 Å². The zero-order valence-corrected chi connectivity index (χ0v) is 13.8. The Morgan fingerprint density at radius 1 is 1.24 bits per heavy atom. The zero-order chi connectivity index (χ0) is 15.5. The molecule has 0 heterocycles. The van der Waals surface area contributed by atoms with Crippen LogP contribution in [-0.2, 0) is 11.3 Å². The molecule has 0 fully saturated rings. The van der Waals surface area contributed by atoms with Gasteiger partial charge in [0.25, 0.3) is 0 Å². The summed E-state index contributed by atoms with van der Waals surface area (Å²) in [4.78, 5) is 2.34. The first-order chi connectivity index (χ1) is 10.2. The summed E-state index contributed by atoms with van der Waals surface area (Å²) in [6.07, 6.45) is -0.478. The van der Waals surface area contributed by atoms with Crippen molar-refractivity contribution < 1.29 is 9.84 Å². The first-order valence-corrected chi connectivity index (χ1v) is 7.96. The van der Waals surface area contributed by atoms with Gasteiger partial charge in [0.2, 0.25) is 0 Å². The SMILES string of the molecule is CCN(CC)CCNCC(O)COCc1ccc(Cl)cc1. The zero-order valence-electron chi connectivity index (χ0n) is 13.0. The molecular weight excluding hydrogens is 288 g/mol. The minimum Gasteiger partial charge on any atom is -0.389 e. The third kappa shape index (κ3) is 8.39. The maximum Gasteiger partial charge on any atom is 0.0897 e. The van der Waals surface area contributed by atoms with Gasteiger partial charge in [-0.1, -0.05) is 37.6 Å². The molecule has 4 nitrogen and oxygen atoms in total. The molecule has 0 amide bonds. The van der Waals surface area contributed by atoms with Crippen molar-refractivity contribution in [1.82, 2.24) is 10.2 Å². The smallest absolute Gasteiger partial charge is 0.0897 e. The normalized spacial score (nSPS) is 12.8. The highest BCUT2D eigenvalue weighted by Crippen LogP contribution is 2.10. The number of hydrogen-bond donors (Lipinski definition) is 2. The summed E-state index contributed by atoms with van der Waals surface area (Å²) in [7, 11) is 0. The fraction of sp³-hybridized carbons (Fsp3) is 0.625. The van der Waals surface area contributed by atoms with Crippen molar-refractivity contribution in [2.45, 2.75) is 26.6 Å². The van der Waals surface area contributed by atoms with E-state index in [4.69, 9.17) is 16.3 Å². The van der Waals surface area contributed by atoms with Crippen LogP contribution >= 0.6 is 11.6 Å². The molecule has 21 heavy (non-hydrogen) atoms. The second kappa shape index (κ2) is 11.0. The first-order valence-electron chi connectivity index (χ1n) is 7.59. The molecule has 0 spiro atoms. The molecule has 0 aromatic heterocycles. The average molecular weight is 315 g/mol. The van der Waals surface area contributed by atoms with Gasteiger partial charge in [0.1, 0.15) is 0 Å². The van der Waals surface area contributed by atoms with Crippen molar-refractivity contribution in [3.05, 3.63) is 34.9 Å². The van der Waals surface area contributed by atoms with Crippen LogP contribution in [-0.4, -0.2) is 55.4 Å². The van der Waals surface area contributed by atoms with Gasteiger partial charge in [0.05, 0.1) is 19.3 Å². The Bertz CT molecular complexity index is 369. The van der Waals surface area contributed by atoms with Crippen molar-refractivity contribution in [3.8, 4) is 0 Å². The predicted octanol–water partition coefficient (Wildman–Crippen LogP) is 2.15. The van der Waals surface area contributed by atoms with E-state index >= 15 is 0 Å². The van der Waals surface area contributed by atoms with Crippen LogP contribution in [0.25, 0.3) is 0 Å². The van der Waals surface area contributed by atoms with Crippen LogP contribution in [0.5, 0.6) is 0 Å². The minimum absolute atomic E-state index is 0.334. The second-order valence-corrected chi connectivity index (χ2v) is 5.46. The number of ether oxygens (including phenoxy) is 1. The average Bonchev–Trinajstić information content (AvgIpc) is 2.49. The minimum atomic E-state index is -0.478. The Labute approximate surface area is 133 Å². The molecule has 1 atom stereocenters. The standard InChI is InChI=1S/C16H27ClN2O2/c1-3-19(4-2)10-9-18-11-16(20)13-21-12-14-5-7-15(17)8-6-14/h5-8,16,18,20H,3-4,9-13H2,1-2H3. The van der Waals surface area contributed by atoms with Gasteiger partial charge in [-0.05, 0) is 30.8 Å². The molecule has 0 aliphatic carbocycles. The molecule has 120 valence electrons. The summed E-state index contributed by atoms with van der Waals surface area (Å²) in [6, 6.07) is 7.53. The lowest BCUT2D eigenvalue weighted by Gasteiger charge is -2.19. The van der Waals surface area contributed by atoms with Gasteiger partial charge in [-0.15, -0.1) is 0 Å². The van der Waals surface area contributed by atoms with Crippen LogP contribution < -0.4 is 5.32 Å². The molecule has 1 aromatic carbocycles. The van der Waals surface area contributed by atoms with Gasteiger partial charge < -0.3 is 20.1 Å². The van der Waals surface area contributed by atoms with Crippen LogP contribution in [0.4, 0.5) is 0 Å². The molecule has 0 bridgehead atoms. The lowest BCUT2D eigenvalue weighted by molar-refractivity contribution is 0.0287. The molecule has 1 unspecified atom stereocenters. The molecule has 0 saturated heterocycles. The summed E-state index contributed by atoms with van der Waals surface area (Å²) >= 11 is 5.82. The highest BCUT2D eigenvalue weighted by Gasteiger charge is 2.05. The third-order valence-electron chi connectivity index (χ3n) is 3.37. The predicted molar refractivity (Wildman–Crippen MR) is 87.8 cm³/mol. The molecule has 5 heteroatoms. The van der Waals surface area contributed by atoms with Crippen LogP contribution in [0.2, 0.25) is 5.02 Å². The fourth-order valence-corrected chi connectivity index (χ4v) is 2.12. The summed E-state index contributed by atoms with van der Waals surface area (Å²) in [5.41, 5.74) is 1.06. The number of halogens is 1. The van der Waals surface area contributed by atoms with Gasteiger partial charge in [-0.3, -0.25) is 0 Å². The van der Waals surface area contributed by atoms with Crippen molar-refractivity contribution in [3.63, 3.8) is 0 Å². The molecule has 0 radical (unpaired) electrons. The van der Waals surface area contributed by atoms with E-state index in [1.54, 1.807) is 0 Å². The van der Waals surface area contributed by atoms with E-state index in [9.17, 15) is 5.11 Å². The number of likely N-dealkylation sites (N-methyl/N-ethyl adjacent to an activating group) is 1. The van der Waals surface area contributed by atoms with Gasteiger partial charge in [-0.2, -0.15) is 0 Å². The number of aliphatic hydroxyl groups excluding tert-OH is 1. The Kier molecular flexibility index (Phi) is 9.63. The van der Waals surface area contributed by atoms with Gasteiger partial charge >= 0.3 is 0 Å². The second-order valence-electron chi connectivity index (χ2n) is 5.03. The summed E-state index contributed by atoms with van der Waals surface area (Å²) in [5, 5.41) is 13.8. The van der Waals surface area contributed by atoms with Gasteiger partial charge in [0.15, 0.2) is 0 Å². The van der Waals surface area contributed by atoms with E-state index in [2.05, 4.69) is 24.1 Å². The number of nitrogens with one attached hydrogen (secondary N) is 1. The summed E-state index contributed by atoms with van der Waals surface area (Å²) in [5.74, 6) is 0. The lowest BCUT2D eigenvalue weighted by Crippen LogP contribution is -2.36. The highest BCUT2D eigenvalue weighted by atomic mass is 35.5. The topological polar surface area (TPSA) is 44.7 Å². The monoisotopic (exact) mass is 314 g/mol. The van der Waals surface area contributed by atoms with Crippen LogP contribution in [0.1, 0.15) is 19.4 Å². The molecule has 1 rings (SSSR count). The summed E-state index contributed by atoms with van der Waals surface area (Å²) < 4.78 is 5.50. The number of aliphatic hydroxyl groups is 1. The molecule has 0 aliphatic heterocycles. The molecule has 0 aliphatic rings. The number of nitrogens with zero attached hydrogens (tertiary/aromatic N) is 1. The van der Waals surface area contributed by atoms with E-state index in [1.807, 2.05) is 24.3 Å². The van der Waals surface area contributed by atoms with Crippen molar-refractivity contribution in [2.24, 2.45) is 0 Å². The van der Waals surface area contributed by atoms with Crippen molar-refractivity contribution in [2.75, 3.05) is 39.3 Å². The molecule has 0 saturated carbocycles. The van der Waals surface area contributed by atoms with Gasteiger partial charge in [0, 0.05) is 24.7 Å². The number of hydrogen-bond acceptors (Lipinski definition) is 4. The van der Waals surface area contributed by atoms with Crippen LogP contribution in [0.3, 0.4) is 0 Å². The Morgan fingerprint density at radius 2 is 1.90 bits per heavy atom. The number of benzene rings is 1. The Hall–Kier alpha value is -0.650. The highest BCUT2D eigenvalue weighted by molar-refractivity contribution is 6.30. The van der Waals surface area contributed by atoms with Crippen molar-refractivity contribution in [1.29, 1.82) is 0 Å². The Balaban J connectivity index is 2.06. The summed E-state index contributed by atoms with van der Waals surface area (Å²) in [6.45, 7) is 9.71. The van der Waals surface area contributed by atoms with E-state index in [-0.39, 0.29) is 0 Å². The largest absolute Gasteiger partial charge is 0.389 e. The van der Waals surface area contributed by atoms with Crippen LogP contribution in [0, 0.1) is 0 Å². The molecule has 2 N–H and O–H groups in total. The Morgan fingerprint density at radius 3 is 2.52 bits per heavy atom.